The highest BCUT2D eigenvalue weighted by molar-refractivity contribution is 6.19. The van der Waals surface area contributed by atoms with E-state index in [-0.39, 0.29) is 18.4 Å². The molecule has 7 nitrogen and oxygen atoms in total. The second-order valence-corrected chi connectivity index (χ2v) is 6.41. The zero-order valence-electron chi connectivity index (χ0n) is 14.5. The molecule has 7 heteroatoms. The van der Waals surface area contributed by atoms with E-state index in [0.29, 0.717) is 24.2 Å². The van der Waals surface area contributed by atoms with Gasteiger partial charge in [0.25, 0.3) is 11.8 Å². The SMILES string of the molecule is O=C1CC[C@@H](C(=O)NN2C(=O)CN=C(c3ccccc3)c3ccccc32)N1. The van der Waals surface area contributed by atoms with Crippen LogP contribution in [0.1, 0.15) is 24.0 Å². The minimum Gasteiger partial charge on any atom is -0.344 e. The number of aliphatic imine (C=N–C) groups is 1. The lowest BCUT2D eigenvalue weighted by molar-refractivity contribution is -0.128. The van der Waals surface area contributed by atoms with Gasteiger partial charge >= 0.3 is 0 Å². The number of fused-ring (bicyclic) bond motifs is 1. The largest absolute Gasteiger partial charge is 0.344 e. The molecular weight excluding hydrogens is 344 g/mol. The number of nitrogens with one attached hydrogen (secondary N) is 2. The van der Waals surface area contributed by atoms with E-state index in [1.54, 1.807) is 12.1 Å². The monoisotopic (exact) mass is 362 g/mol. The number of hydrazine groups is 1. The van der Waals surface area contributed by atoms with Gasteiger partial charge in [-0.05, 0) is 12.5 Å². The number of benzene rings is 2. The summed E-state index contributed by atoms with van der Waals surface area (Å²) in [5, 5.41) is 3.85. The number of nitrogens with zero attached hydrogens (tertiary/aromatic N) is 2. The minimum absolute atomic E-state index is 0.0871. The normalized spacial score (nSPS) is 19.0. The van der Waals surface area contributed by atoms with E-state index in [1.165, 1.54) is 5.01 Å². The zero-order valence-corrected chi connectivity index (χ0v) is 14.5. The number of hydrogen-bond acceptors (Lipinski definition) is 4. The Bertz CT molecular complexity index is 939. The number of anilines is 1. The van der Waals surface area contributed by atoms with E-state index >= 15 is 0 Å². The highest BCUT2D eigenvalue weighted by Crippen LogP contribution is 2.25. The van der Waals surface area contributed by atoms with Crippen LogP contribution in [-0.2, 0) is 14.4 Å². The summed E-state index contributed by atoms with van der Waals surface area (Å²) in [6, 6.07) is 16.3. The van der Waals surface area contributed by atoms with Gasteiger partial charge in [-0.1, -0.05) is 48.5 Å². The molecule has 2 aliphatic heterocycles. The van der Waals surface area contributed by atoms with E-state index in [2.05, 4.69) is 15.7 Å². The Morgan fingerprint density at radius 2 is 1.81 bits per heavy atom. The highest BCUT2D eigenvalue weighted by atomic mass is 16.2. The van der Waals surface area contributed by atoms with Crippen molar-refractivity contribution in [2.45, 2.75) is 18.9 Å². The molecule has 0 unspecified atom stereocenters. The standard InChI is InChI=1S/C20H18N4O3/c25-17-11-10-15(22-17)20(27)23-24-16-9-5-4-8-14(16)19(21-12-18(24)26)13-6-2-1-3-7-13/h1-9,15H,10-12H2,(H,22,25)(H,23,27)/t15-/m0/s1. The molecule has 2 N–H and O–H groups in total. The molecule has 2 aromatic rings. The predicted octanol–water partition coefficient (Wildman–Crippen LogP) is 1.18. The molecule has 2 aliphatic rings. The third-order valence-electron chi connectivity index (χ3n) is 4.60. The van der Waals surface area contributed by atoms with Gasteiger partial charge in [0.2, 0.25) is 5.91 Å². The second-order valence-electron chi connectivity index (χ2n) is 6.41. The van der Waals surface area contributed by atoms with Crippen molar-refractivity contribution in [2.24, 2.45) is 4.99 Å². The van der Waals surface area contributed by atoms with E-state index in [1.807, 2.05) is 42.5 Å². The minimum atomic E-state index is -0.629. The molecule has 2 aromatic carbocycles. The van der Waals surface area contributed by atoms with Crippen molar-refractivity contribution in [2.75, 3.05) is 11.6 Å². The Labute approximate surface area is 156 Å². The average Bonchev–Trinajstić information content (AvgIpc) is 3.08. The molecular formula is C20H18N4O3. The van der Waals surface area contributed by atoms with Crippen LogP contribution >= 0.6 is 0 Å². The van der Waals surface area contributed by atoms with Gasteiger partial charge in [-0.3, -0.25) is 24.8 Å². The van der Waals surface area contributed by atoms with Crippen LogP contribution in [0, 0.1) is 0 Å². The fourth-order valence-corrected chi connectivity index (χ4v) is 3.27. The van der Waals surface area contributed by atoms with Gasteiger partial charge < -0.3 is 5.32 Å². The van der Waals surface area contributed by atoms with Gasteiger partial charge in [-0.15, -0.1) is 0 Å². The first kappa shape index (κ1) is 17.0. The van der Waals surface area contributed by atoms with Gasteiger partial charge in [0.15, 0.2) is 0 Å². The fraction of sp³-hybridized carbons (Fsp3) is 0.200. The van der Waals surface area contributed by atoms with Gasteiger partial charge in [-0.2, -0.15) is 0 Å². The maximum atomic E-state index is 12.7. The van der Waals surface area contributed by atoms with Crippen molar-refractivity contribution in [3.8, 4) is 0 Å². The number of carbonyl (C=O) groups excluding carboxylic acids is 3. The third kappa shape index (κ3) is 3.31. The highest BCUT2D eigenvalue weighted by Gasteiger charge is 2.31. The number of benzodiazepines with no additional fused rings is 1. The van der Waals surface area contributed by atoms with E-state index < -0.39 is 11.9 Å². The van der Waals surface area contributed by atoms with Crippen molar-refractivity contribution in [1.29, 1.82) is 0 Å². The average molecular weight is 362 g/mol. The van der Waals surface area contributed by atoms with Crippen LogP contribution in [0.2, 0.25) is 0 Å². The Kier molecular flexibility index (Phi) is 4.42. The quantitative estimate of drug-likeness (QED) is 0.859. The summed E-state index contributed by atoms with van der Waals surface area (Å²) in [4.78, 5) is 41.1. The summed E-state index contributed by atoms with van der Waals surface area (Å²) in [6.45, 7) is -0.0871. The van der Waals surface area contributed by atoms with Crippen LogP contribution in [0.15, 0.2) is 59.6 Å². The topological polar surface area (TPSA) is 90.9 Å². The maximum Gasteiger partial charge on any atom is 0.267 e. The Morgan fingerprint density at radius 1 is 1.07 bits per heavy atom. The van der Waals surface area contributed by atoms with Crippen LogP contribution in [-0.4, -0.2) is 36.0 Å². The first-order valence-corrected chi connectivity index (χ1v) is 8.75. The molecule has 0 aromatic heterocycles. The van der Waals surface area contributed by atoms with Gasteiger partial charge in [0.05, 0.1) is 11.4 Å². The van der Waals surface area contributed by atoms with Crippen LogP contribution in [0.5, 0.6) is 0 Å². The lowest BCUT2D eigenvalue weighted by atomic mass is 10.0. The summed E-state index contributed by atoms with van der Waals surface area (Å²) < 4.78 is 0. The van der Waals surface area contributed by atoms with Crippen LogP contribution in [0.4, 0.5) is 5.69 Å². The molecule has 1 atom stereocenters. The van der Waals surface area contributed by atoms with Crippen molar-refractivity contribution < 1.29 is 14.4 Å². The molecule has 27 heavy (non-hydrogen) atoms. The van der Waals surface area contributed by atoms with Gasteiger partial charge in [0, 0.05) is 17.5 Å². The Balaban J connectivity index is 1.68. The second kappa shape index (κ2) is 7.03. The Hall–Kier alpha value is -3.48. The molecule has 2 heterocycles. The first-order chi connectivity index (χ1) is 13.1. The van der Waals surface area contributed by atoms with Gasteiger partial charge in [-0.25, -0.2) is 5.01 Å². The van der Waals surface area contributed by atoms with Crippen molar-refractivity contribution in [1.82, 2.24) is 10.7 Å². The molecule has 0 aliphatic carbocycles. The molecule has 0 saturated carbocycles. The molecule has 1 fully saturated rings. The molecule has 0 radical (unpaired) electrons. The third-order valence-corrected chi connectivity index (χ3v) is 4.60. The first-order valence-electron chi connectivity index (χ1n) is 8.75. The van der Waals surface area contributed by atoms with E-state index in [4.69, 9.17) is 0 Å². The van der Waals surface area contributed by atoms with Gasteiger partial charge in [0.1, 0.15) is 12.6 Å². The Morgan fingerprint density at radius 3 is 2.56 bits per heavy atom. The number of rotatable bonds is 3. The number of hydrogen-bond donors (Lipinski definition) is 2. The zero-order chi connectivity index (χ0) is 18.8. The van der Waals surface area contributed by atoms with E-state index in [9.17, 15) is 14.4 Å². The maximum absolute atomic E-state index is 12.7. The molecule has 136 valence electrons. The van der Waals surface area contributed by atoms with Crippen molar-refractivity contribution in [3.63, 3.8) is 0 Å². The van der Waals surface area contributed by atoms with Crippen LogP contribution in [0.25, 0.3) is 0 Å². The smallest absolute Gasteiger partial charge is 0.267 e. The van der Waals surface area contributed by atoms with Crippen LogP contribution < -0.4 is 15.8 Å². The molecule has 0 spiro atoms. The van der Waals surface area contributed by atoms with Crippen LogP contribution in [0.3, 0.4) is 0 Å². The number of carbonyl (C=O) groups is 3. The lowest BCUT2D eigenvalue weighted by Crippen LogP contribution is -2.53. The van der Waals surface area contributed by atoms with Crippen molar-refractivity contribution >= 4 is 29.1 Å². The lowest BCUT2D eigenvalue weighted by Gasteiger charge is -2.25. The molecule has 0 bridgehead atoms. The van der Waals surface area contributed by atoms with E-state index in [0.717, 1.165) is 11.1 Å². The summed E-state index contributed by atoms with van der Waals surface area (Å²) >= 11 is 0. The number of para-hydroxylation sites is 1. The van der Waals surface area contributed by atoms with Crippen molar-refractivity contribution in [3.05, 3.63) is 65.7 Å². The summed E-state index contributed by atoms with van der Waals surface area (Å²) in [6.07, 6.45) is 0.726. The number of amides is 3. The fourth-order valence-electron chi connectivity index (χ4n) is 3.27. The summed E-state index contributed by atoms with van der Waals surface area (Å²) in [7, 11) is 0. The molecule has 4 rings (SSSR count). The summed E-state index contributed by atoms with van der Waals surface area (Å²) in [5.74, 6) is -0.911. The molecule has 3 amide bonds. The summed E-state index contributed by atoms with van der Waals surface area (Å²) in [5.41, 5.74) is 5.56. The molecule has 1 saturated heterocycles. The predicted molar refractivity (Wildman–Crippen MR) is 100 cm³/mol.